The van der Waals surface area contributed by atoms with Crippen molar-refractivity contribution in [2.75, 3.05) is 18.9 Å². The number of carbonyl (C=O) groups excluding carboxylic acids is 1. The van der Waals surface area contributed by atoms with Crippen molar-refractivity contribution < 1.29 is 4.79 Å². The van der Waals surface area contributed by atoms with E-state index in [0.717, 1.165) is 35.2 Å². The van der Waals surface area contributed by atoms with Crippen LogP contribution in [-0.2, 0) is 0 Å². The molecule has 1 aliphatic heterocycles. The van der Waals surface area contributed by atoms with Crippen molar-refractivity contribution in [1.82, 2.24) is 19.3 Å². The van der Waals surface area contributed by atoms with Crippen LogP contribution in [0.25, 0.3) is 16.6 Å². The van der Waals surface area contributed by atoms with Crippen LogP contribution < -0.4 is 5.32 Å². The van der Waals surface area contributed by atoms with Crippen molar-refractivity contribution >= 4 is 39.7 Å². The van der Waals surface area contributed by atoms with Gasteiger partial charge in [-0.3, -0.25) is 14.7 Å². The summed E-state index contributed by atoms with van der Waals surface area (Å²) in [6, 6.07) is 11.4. The van der Waals surface area contributed by atoms with Gasteiger partial charge >= 0.3 is 0 Å². The van der Waals surface area contributed by atoms with Gasteiger partial charge in [0.05, 0.1) is 28.5 Å². The Hall–Kier alpha value is -2.96. The SMILES string of the molecule is CN1CCCC1c1cn2cc(NC(=O)c3cnc4cc(Cl)ccc4c3)ccc2n1. The molecule has 29 heavy (non-hydrogen) atoms. The van der Waals surface area contributed by atoms with Crippen LogP contribution in [0.15, 0.2) is 55.0 Å². The number of hydrogen-bond acceptors (Lipinski definition) is 4. The van der Waals surface area contributed by atoms with E-state index in [1.165, 1.54) is 6.42 Å². The lowest BCUT2D eigenvalue weighted by atomic mass is 10.1. The molecule has 6 nitrogen and oxygen atoms in total. The molecule has 0 saturated carbocycles. The first-order valence-electron chi connectivity index (χ1n) is 9.62. The molecular formula is C22H20ClN5O. The molecule has 5 rings (SSSR count). The number of hydrogen-bond donors (Lipinski definition) is 1. The van der Waals surface area contributed by atoms with Crippen LogP contribution in [-0.4, -0.2) is 38.8 Å². The first-order valence-corrected chi connectivity index (χ1v) is 10.0. The number of amides is 1. The van der Waals surface area contributed by atoms with E-state index in [0.29, 0.717) is 22.3 Å². The predicted molar refractivity (Wildman–Crippen MR) is 115 cm³/mol. The molecule has 146 valence electrons. The number of fused-ring (bicyclic) bond motifs is 2. The summed E-state index contributed by atoms with van der Waals surface area (Å²) in [4.78, 5) is 24.1. The highest BCUT2D eigenvalue weighted by Crippen LogP contribution is 2.30. The molecule has 1 saturated heterocycles. The molecule has 1 amide bonds. The first-order chi connectivity index (χ1) is 14.1. The fourth-order valence-electron chi connectivity index (χ4n) is 3.95. The zero-order valence-corrected chi connectivity index (χ0v) is 16.7. The Labute approximate surface area is 173 Å². The summed E-state index contributed by atoms with van der Waals surface area (Å²) >= 11 is 6.00. The van der Waals surface area contributed by atoms with Gasteiger partial charge in [0.1, 0.15) is 5.65 Å². The van der Waals surface area contributed by atoms with E-state index >= 15 is 0 Å². The van der Waals surface area contributed by atoms with E-state index < -0.39 is 0 Å². The number of anilines is 1. The molecule has 0 aliphatic carbocycles. The van der Waals surface area contributed by atoms with Crippen LogP contribution >= 0.6 is 11.6 Å². The highest BCUT2D eigenvalue weighted by atomic mass is 35.5. The van der Waals surface area contributed by atoms with Crippen LogP contribution in [0.1, 0.15) is 34.9 Å². The molecule has 1 fully saturated rings. The first kappa shape index (κ1) is 18.1. The van der Waals surface area contributed by atoms with E-state index in [2.05, 4.69) is 28.4 Å². The lowest BCUT2D eigenvalue weighted by molar-refractivity contribution is 0.102. The topological polar surface area (TPSA) is 62.5 Å². The Bertz CT molecular complexity index is 1230. The second kappa shape index (κ2) is 7.13. The van der Waals surface area contributed by atoms with Gasteiger partial charge in [-0.25, -0.2) is 4.98 Å². The highest BCUT2D eigenvalue weighted by Gasteiger charge is 2.24. The second-order valence-corrected chi connectivity index (χ2v) is 7.94. The average molecular weight is 406 g/mol. The molecule has 4 aromatic rings. The van der Waals surface area contributed by atoms with Gasteiger partial charge < -0.3 is 9.72 Å². The van der Waals surface area contributed by atoms with Crippen LogP contribution in [0.5, 0.6) is 0 Å². The van der Waals surface area contributed by atoms with Crippen molar-refractivity contribution in [2.24, 2.45) is 0 Å². The molecular weight excluding hydrogens is 386 g/mol. The fourth-order valence-corrected chi connectivity index (χ4v) is 4.12. The van der Waals surface area contributed by atoms with E-state index in [-0.39, 0.29) is 5.91 Å². The number of imidazole rings is 1. The van der Waals surface area contributed by atoms with Crippen LogP contribution in [0.3, 0.4) is 0 Å². The summed E-state index contributed by atoms with van der Waals surface area (Å²) in [5.41, 5.74) is 3.92. The molecule has 4 heterocycles. The Morgan fingerprint density at radius 1 is 1.21 bits per heavy atom. The second-order valence-electron chi connectivity index (χ2n) is 7.50. The standard InChI is InChI=1S/C22H20ClN5O/c1-27-8-2-3-20(27)19-13-28-12-17(6-7-21(28)26-19)25-22(29)15-9-14-4-5-16(23)10-18(14)24-11-15/h4-7,9-13,20H,2-3,8H2,1H3,(H,25,29). The van der Waals surface area contributed by atoms with E-state index in [4.69, 9.17) is 16.6 Å². The number of nitrogens with zero attached hydrogens (tertiary/aromatic N) is 4. The lowest BCUT2D eigenvalue weighted by Crippen LogP contribution is -2.17. The van der Waals surface area contributed by atoms with E-state index in [1.807, 2.05) is 34.9 Å². The van der Waals surface area contributed by atoms with Gasteiger partial charge in [-0.2, -0.15) is 0 Å². The predicted octanol–water partition coefficient (Wildman–Crippen LogP) is 4.55. The number of pyridine rings is 2. The van der Waals surface area contributed by atoms with Gasteiger partial charge in [0.15, 0.2) is 0 Å². The normalized spacial score (nSPS) is 17.2. The van der Waals surface area contributed by atoms with Gasteiger partial charge in [0, 0.05) is 29.0 Å². The molecule has 3 aromatic heterocycles. The molecule has 0 spiro atoms. The third kappa shape index (κ3) is 3.45. The third-order valence-corrected chi connectivity index (χ3v) is 5.73. The zero-order chi connectivity index (χ0) is 20.0. The maximum absolute atomic E-state index is 12.7. The number of aromatic nitrogens is 3. The Morgan fingerprint density at radius 3 is 2.93 bits per heavy atom. The van der Waals surface area contributed by atoms with Crippen LogP contribution in [0, 0.1) is 0 Å². The summed E-state index contributed by atoms with van der Waals surface area (Å²) in [6.45, 7) is 1.10. The number of nitrogens with one attached hydrogen (secondary N) is 1. The third-order valence-electron chi connectivity index (χ3n) is 5.50. The monoisotopic (exact) mass is 405 g/mol. The highest BCUT2D eigenvalue weighted by molar-refractivity contribution is 6.31. The van der Waals surface area contributed by atoms with Crippen molar-refractivity contribution in [2.45, 2.75) is 18.9 Å². The van der Waals surface area contributed by atoms with Crippen molar-refractivity contribution in [3.05, 3.63) is 71.3 Å². The number of benzene rings is 1. The summed E-state index contributed by atoms with van der Waals surface area (Å²) in [5, 5.41) is 4.45. The van der Waals surface area contributed by atoms with Gasteiger partial charge in [-0.1, -0.05) is 17.7 Å². The minimum Gasteiger partial charge on any atom is -0.321 e. The maximum atomic E-state index is 12.7. The number of rotatable bonds is 3. The average Bonchev–Trinajstić information content (AvgIpc) is 3.32. The Morgan fingerprint density at radius 2 is 2.10 bits per heavy atom. The van der Waals surface area contributed by atoms with Gasteiger partial charge in [0.2, 0.25) is 0 Å². The molecule has 1 unspecified atom stereocenters. The van der Waals surface area contributed by atoms with Crippen LogP contribution in [0.2, 0.25) is 5.02 Å². The number of carbonyl (C=O) groups is 1. The summed E-state index contributed by atoms with van der Waals surface area (Å²) in [7, 11) is 2.14. The largest absolute Gasteiger partial charge is 0.321 e. The molecule has 1 aromatic carbocycles. The quantitative estimate of drug-likeness (QED) is 0.543. The van der Waals surface area contributed by atoms with E-state index in [9.17, 15) is 4.79 Å². The molecule has 0 bridgehead atoms. The van der Waals surface area contributed by atoms with Gasteiger partial charge in [-0.05, 0) is 56.8 Å². The summed E-state index contributed by atoms with van der Waals surface area (Å²) in [6.07, 6.45) is 7.84. The molecule has 0 radical (unpaired) electrons. The zero-order valence-electron chi connectivity index (χ0n) is 16.0. The summed E-state index contributed by atoms with van der Waals surface area (Å²) in [5.74, 6) is -0.204. The Kier molecular flexibility index (Phi) is 4.45. The summed E-state index contributed by atoms with van der Waals surface area (Å²) < 4.78 is 1.97. The van der Waals surface area contributed by atoms with Gasteiger partial charge in [0.25, 0.3) is 5.91 Å². The molecule has 1 N–H and O–H groups in total. The van der Waals surface area contributed by atoms with Crippen LogP contribution in [0.4, 0.5) is 5.69 Å². The number of likely N-dealkylation sites (tertiary alicyclic amines) is 1. The van der Waals surface area contributed by atoms with E-state index in [1.54, 1.807) is 18.3 Å². The smallest absolute Gasteiger partial charge is 0.257 e. The van der Waals surface area contributed by atoms with Crippen molar-refractivity contribution in [3.63, 3.8) is 0 Å². The number of halogens is 1. The van der Waals surface area contributed by atoms with Crippen molar-refractivity contribution in [1.29, 1.82) is 0 Å². The van der Waals surface area contributed by atoms with Crippen molar-refractivity contribution in [3.8, 4) is 0 Å². The lowest BCUT2D eigenvalue weighted by Gasteiger charge is -2.16. The Balaban J connectivity index is 1.39. The van der Waals surface area contributed by atoms with Gasteiger partial charge in [-0.15, -0.1) is 0 Å². The minimum absolute atomic E-state index is 0.204. The maximum Gasteiger partial charge on any atom is 0.257 e. The molecule has 7 heteroatoms. The fraction of sp³-hybridized carbons (Fsp3) is 0.227. The minimum atomic E-state index is -0.204. The molecule has 1 aliphatic rings. The molecule has 1 atom stereocenters.